The van der Waals surface area contributed by atoms with Gasteiger partial charge in [-0.3, -0.25) is 0 Å². The van der Waals surface area contributed by atoms with Crippen molar-refractivity contribution < 1.29 is 8.81 Å². The third-order valence-electron chi connectivity index (χ3n) is 8.40. The molecule has 0 N–H and O–H groups in total. The van der Waals surface area contributed by atoms with Gasteiger partial charge in [0.1, 0.15) is 23.1 Å². The Morgan fingerprint density at radius 3 is 2.05 bits per heavy atom. The molecule has 42 heavy (non-hydrogen) atoms. The second-order valence-corrected chi connectivity index (χ2v) is 11.2. The minimum atomic E-state index is -0.425. The van der Waals surface area contributed by atoms with Crippen LogP contribution in [-0.4, -0.2) is 4.57 Å². The van der Waals surface area contributed by atoms with E-state index in [0.29, 0.717) is 22.0 Å². The summed E-state index contributed by atoms with van der Waals surface area (Å²) in [6.07, 6.45) is 1.52. The molecular formula is C37H24FN2OP. The molecule has 1 aliphatic rings. The predicted molar refractivity (Wildman–Crippen MR) is 171 cm³/mol. The Balaban J connectivity index is 1.59. The number of nitrogens with zero attached hydrogens (tertiary/aromatic N) is 2. The van der Waals surface area contributed by atoms with Gasteiger partial charge in [0, 0.05) is 33.9 Å². The quantitative estimate of drug-likeness (QED) is 0.202. The fourth-order valence-electron chi connectivity index (χ4n) is 6.66. The summed E-state index contributed by atoms with van der Waals surface area (Å²) < 4.78 is 25.8. The molecule has 8 rings (SSSR count). The maximum atomic E-state index is 17.4. The van der Waals surface area contributed by atoms with Gasteiger partial charge in [-0.15, -0.1) is 9.24 Å². The van der Waals surface area contributed by atoms with Crippen LogP contribution < -0.4 is 5.30 Å². The highest BCUT2D eigenvalue weighted by molar-refractivity contribution is 7.28. The number of fused-ring (bicyclic) bond motifs is 7. The van der Waals surface area contributed by atoms with E-state index < -0.39 is 5.82 Å². The molecule has 3 nitrogen and oxygen atoms in total. The Labute approximate surface area is 244 Å². The SMILES string of the molecule is N#Cc1c(-c2ccccc2)c(P)c(-c2ccccc2)c(F)c1-n1c2c(c3ccccc31)CCc1oc3ccccc3c1-2. The lowest BCUT2D eigenvalue weighted by molar-refractivity contribution is 0.545. The van der Waals surface area contributed by atoms with Crippen LogP contribution in [0.1, 0.15) is 16.9 Å². The zero-order valence-corrected chi connectivity index (χ0v) is 23.7. The summed E-state index contributed by atoms with van der Waals surface area (Å²) in [4.78, 5) is 0. The molecule has 1 unspecified atom stereocenters. The summed E-state index contributed by atoms with van der Waals surface area (Å²) >= 11 is 0. The van der Waals surface area contributed by atoms with Crippen molar-refractivity contribution in [2.45, 2.75) is 12.8 Å². The van der Waals surface area contributed by atoms with Crippen LogP contribution in [0.25, 0.3) is 61.1 Å². The predicted octanol–water partition coefficient (Wildman–Crippen LogP) is 8.99. The molecule has 0 aliphatic heterocycles. The van der Waals surface area contributed by atoms with Crippen LogP contribution in [0.15, 0.2) is 114 Å². The number of halogens is 1. The van der Waals surface area contributed by atoms with Gasteiger partial charge >= 0.3 is 0 Å². The van der Waals surface area contributed by atoms with Gasteiger partial charge < -0.3 is 8.98 Å². The molecule has 0 saturated heterocycles. The van der Waals surface area contributed by atoms with Gasteiger partial charge in [-0.1, -0.05) is 97.1 Å². The van der Waals surface area contributed by atoms with Crippen molar-refractivity contribution in [3.8, 4) is 45.3 Å². The molecule has 0 fully saturated rings. The Bertz CT molecular complexity index is 2220. The van der Waals surface area contributed by atoms with Crippen LogP contribution in [-0.2, 0) is 12.8 Å². The van der Waals surface area contributed by atoms with Crippen molar-refractivity contribution in [3.63, 3.8) is 0 Å². The van der Waals surface area contributed by atoms with Crippen LogP contribution in [0, 0.1) is 17.1 Å². The lowest BCUT2D eigenvalue weighted by Gasteiger charge is -2.23. The van der Waals surface area contributed by atoms with Crippen LogP contribution in [0.2, 0.25) is 0 Å². The first kappa shape index (κ1) is 24.8. The first-order valence-corrected chi connectivity index (χ1v) is 14.5. The van der Waals surface area contributed by atoms with E-state index in [2.05, 4.69) is 27.4 Å². The molecule has 0 saturated carbocycles. The summed E-state index contributed by atoms with van der Waals surface area (Å²) in [7, 11) is 2.74. The van der Waals surface area contributed by atoms with Gasteiger partial charge in [0.2, 0.25) is 0 Å². The second kappa shape index (κ2) is 9.55. The number of aromatic nitrogens is 1. The zero-order chi connectivity index (χ0) is 28.4. The molecule has 0 amide bonds. The van der Waals surface area contributed by atoms with Crippen molar-refractivity contribution >= 4 is 36.4 Å². The molecule has 0 spiro atoms. The van der Waals surface area contributed by atoms with Crippen molar-refractivity contribution in [1.82, 2.24) is 4.57 Å². The minimum Gasteiger partial charge on any atom is -0.460 e. The van der Waals surface area contributed by atoms with Crippen molar-refractivity contribution in [1.29, 1.82) is 5.26 Å². The lowest BCUT2D eigenvalue weighted by atomic mass is 9.90. The molecule has 1 aliphatic carbocycles. The average Bonchev–Trinajstić information content (AvgIpc) is 3.57. The average molecular weight is 563 g/mol. The highest BCUT2D eigenvalue weighted by Gasteiger charge is 2.33. The van der Waals surface area contributed by atoms with Gasteiger partial charge in [-0.25, -0.2) is 4.39 Å². The molecule has 2 aromatic heterocycles. The summed E-state index contributed by atoms with van der Waals surface area (Å²) in [5.74, 6) is 0.465. The number of hydrogen-bond acceptors (Lipinski definition) is 2. The first-order valence-electron chi connectivity index (χ1n) is 14.0. The number of para-hydroxylation sites is 2. The molecule has 1 atom stereocenters. The van der Waals surface area contributed by atoms with Crippen LogP contribution in [0.4, 0.5) is 4.39 Å². The van der Waals surface area contributed by atoms with Crippen LogP contribution in [0.3, 0.4) is 0 Å². The van der Waals surface area contributed by atoms with Crippen molar-refractivity contribution in [3.05, 3.63) is 132 Å². The minimum absolute atomic E-state index is 0.261. The summed E-state index contributed by atoms with van der Waals surface area (Å²) in [6.45, 7) is 0. The van der Waals surface area contributed by atoms with Gasteiger partial charge in [0.05, 0.1) is 16.8 Å². The summed E-state index contributed by atoms with van der Waals surface area (Å²) in [5.41, 5.74) is 8.03. The maximum Gasteiger partial charge on any atom is 0.157 e. The topological polar surface area (TPSA) is 41.9 Å². The van der Waals surface area contributed by atoms with Crippen molar-refractivity contribution in [2.75, 3.05) is 0 Å². The molecule has 0 bridgehead atoms. The van der Waals surface area contributed by atoms with E-state index in [1.54, 1.807) is 0 Å². The van der Waals surface area contributed by atoms with Gasteiger partial charge in [0.15, 0.2) is 5.82 Å². The van der Waals surface area contributed by atoms with E-state index in [9.17, 15) is 5.26 Å². The number of rotatable bonds is 3. The fraction of sp³-hybridized carbons (Fsp3) is 0.0541. The van der Waals surface area contributed by atoms with E-state index in [0.717, 1.165) is 68.4 Å². The third kappa shape index (κ3) is 3.48. The molecular weight excluding hydrogens is 538 g/mol. The number of hydrogen-bond donors (Lipinski definition) is 0. The van der Waals surface area contributed by atoms with Gasteiger partial charge in [-0.05, 0) is 40.5 Å². The summed E-state index contributed by atoms with van der Waals surface area (Å²) in [6, 6.07) is 38.0. The van der Waals surface area contributed by atoms with E-state index in [4.69, 9.17) is 4.42 Å². The molecule has 0 radical (unpaired) electrons. The van der Waals surface area contributed by atoms with Crippen LogP contribution in [0.5, 0.6) is 0 Å². The van der Waals surface area contributed by atoms with Crippen LogP contribution >= 0.6 is 9.24 Å². The van der Waals surface area contributed by atoms with Crippen molar-refractivity contribution in [2.24, 2.45) is 0 Å². The van der Waals surface area contributed by atoms with Gasteiger partial charge in [-0.2, -0.15) is 5.26 Å². The maximum absolute atomic E-state index is 17.4. The third-order valence-corrected chi connectivity index (χ3v) is 8.98. The lowest BCUT2D eigenvalue weighted by Crippen LogP contribution is -2.15. The Morgan fingerprint density at radius 1 is 0.714 bits per heavy atom. The number of furan rings is 1. The molecule has 5 heteroatoms. The second-order valence-electron chi connectivity index (χ2n) is 10.6. The monoisotopic (exact) mass is 562 g/mol. The van der Waals surface area contributed by atoms with Gasteiger partial charge in [0.25, 0.3) is 0 Å². The van der Waals surface area contributed by atoms with E-state index in [1.165, 1.54) is 0 Å². The number of nitriles is 1. The highest BCUT2D eigenvalue weighted by Crippen LogP contribution is 2.48. The Kier molecular flexibility index (Phi) is 5.64. The summed E-state index contributed by atoms with van der Waals surface area (Å²) in [5, 5.41) is 13.5. The highest BCUT2D eigenvalue weighted by atomic mass is 31.0. The largest absolute Gasteiger partial charge is 0.460 e. The van der Waals surface area contributed by atoms with E-state index in [-0.39, 0.29) is 5.69 Å². The zero-order valence-electron chi connectivity index (χ0n) is 22.6. The normalized spacial score (nSPS) is 12.3. The first-order chi connectivity index (χ1) is 20.7. The van der Waals surface area contributed by atoms with E-state index in [1.807, 2.05) is 102 Å². The molecule has 5 aromatic carbocycles. The molecule has 200 valence electrons. The number of aryl methyl sites for hydroxylation is 2. The number of benzene rings is 5. The standard InChI is InChI=1S/C37H24FN2OP/c38-34-32(23-13-5-2-6-14-23)37(42)31(22-11-3-1-4-12-22)27(21-39)36(34)40-28-17-9-7-15-24(28)25-19-20-30-33(35(25)40)26-16-8-10-18-29(26)41-30/h1-18H,19-20,42H2. The molecule has 2 heterocycles. The molecule has 7 aromatic rings. The Hall–Kier alpha value is -4.97. The Morgan fingerprint density at radius 2 is 1.33 bits per heavy atom. The van der Waals surface area contributed by atoms with E-state index >= 15 is 4.39 Å². The fourth-order valence-corrected chi connectivity index (χ4v) is 7.26. The smallest absolute Gasteiger partial charge is 0.157 e.